The lowest BCUT2D eigenvalue weighted by molar-refractivity contribution is -0.113. The number of aryl methyl sites for hydroxylation is 3. The van der Waals surface area contributed by atoms with E-state index >= 15 is 0 Å². The van der Waals surface area contributed by atoms with Gasteiger partial charge in [0.15, 0.2) is 11.0 Å². The quantitative estimate of drug-likeness (QED) is 0.699. The van der Waals surface area contributed by atoms with Crippen molar-refractivity contribution in [3.05, 3.63) is 53.2 Å². The van der Waals surface area contributed by atoms with E-state index in [1.54, 1.807) is 6.20 Å². The van der Waals surface area contributed by atoms with E-state index in [4.69, 9.17) is 0 Å². The predicted molar refractivity (Wildman–Crippen MR) is 104 cm³/mol. The molecule has 2 heterocycles. The molecule has 2 aromatic heterocycles. The SMILES string of the molecule is Cc1cc(C)c(NC(=O)CSc2nnc(-c3ccccn3)n2C)c(C)c1. The van der Waals surface area contributed by atoms with E-state index in [1.165, 1.54) is 17.3 Å². The van der Waals surface area contributed by atoms with Crippen LogP contribution in [0.5, 0.6) is 0 Å². The molecule has 0 aliphatic rings. The summed E-state index contributed by atoms with van der Waals surface area (Å²) in [4.78, 5) is 16.7. The highest BCUT2D eigenvalue weighted by Gasteiger charge is 2.14. The number of hydrogen-bond donors (Lipinski definition) is 1. The number of anilines is 1. The zero-order chi connectivity index (χ0) is 18.7. The Balaban J connectivity index is 1.67. The van der Waals surface area contributed by atoms with E-state index in [9.17, 15) is 4.79 Å². The minimum Gasteiger partial charge on any atom is -0.325 e. The fourth-order valence-corrected chi connectivity index (χ4v) is 3.55. The van der Waals surface area contributed by atoms with Crippen LogP contribution in [0.4, 0.5) is 5.69 Å². The molecule has 0 saturated carbocycles. The van der Waals surface area contributed by atoms with Crippen molar-refractivity contribution >= 4 is 23.4 Å². The molecule has 26 heavy (non-hydrogen) atoms. The van der Waals surface area contributed by atoms with Crippen molar-refractivity contribution in [3.63, 3.8) is 0 Å². The van der Waals surface area contributed by atoms with Crippen LogP contribution in [-0.4, -0.2) is 31.4 Å². The number of carbonyl (C=O) groups excluding carboxylic acids is 1. The number of nitrogens with one attached hydrogen (secondary N) is 1. The molecule has 3 rings (SSSR count). The zero-order valence-electron chi connectivity index (χ0n) is 15.3. The van der Waals surface area contributed by atoms with Crippen molar-refractivity contribution in [3.8, 4) is 11.5 Å². The maximum atomic E-state index is 12.4. The first kappa shape index (κ1) is 18.1. The third kappa shape index (κ3) is 3.94. The van der Waals surface area contributed by atoms with Crippen LogP contribution in [-0.2, 0) is 11.8 Å². The summed E-state index contributed by atoms with van der Waals surface area (Å²) in [6.45, 7) is 6.06. The summed E-state index contributed by atoms with van der Waals surface area (Å²) in [5, 5.41) is 12.0. The highest BCUT2D eigenvalue weighted by Crippen LogP contribution is 2.24. The Bertz CT molecular complexity index is 913. The molecule has 0 bridgehead atoms. The molecule has 0 aliphatic heterocycles. The van der Waals surface area contributed by atoms with E-state index in [-0.39, 0.29) is 11.7 Å². The monoisotopic (exact) mass is 367 g/mol. The number of nitrogens with zero attached hydrogens (tertiary/aromatic N) is 4. The van der Waals surface area contributed by atoms with Gasteiger partial charge in [0.25, 0.3) is 0 Å². The van der Waals surface area contributed by atoms with Crippen LogP contribution in [0.25, 0.3) is 11.5 Å². The van der Waals surface area contributed by atoms with Crippen LogP contribution in [0, 0.1) is 20.8 Å². The Kier molecular flexibility index (Phi) is 5.37. The molecule has 7 heteroatoms. The van der Waals surface area contributed by atoms with Gasteiger partial charge in [-0.05, 0) is 44.0 Å². The minimum atomic E-state index is -0.0626. The second-order valence-electron chi connectivity index (χ2n) is 6.19. The van der Waals surface area contributed by atoms with Crippen molar-refractivity contribution < 1.29 is 4.79 Å². The first-order valence-corrected chi connectivity index (χ1v) is 9.25. The molecule has 1 N–H and O–H groups in total. The summed E-state index contributed by atoms with van der Waals surface area (Å²) >= 11 is 1.35. The average molecular weight is 367 g/mol. The van der Waals surface area contributed by atoms with Crippen molar-refractivity contribution in [2.24, 2.45) is 7.05 Å². The molecule has 1 amide bonds. The average Bonchev–Trinajstić information content (AvgIpc) is 2.98. The second-order valence-corrected chi connectivity index (χ2v) is 7.13. The standard InChI is InChI=1S/C19H21N5OS/c1-12-9-13(2)17(14(3)10-12)21-16(25)11-26-19-23-22-18(24(19)4)15-7-5-6-8-20-15/h5-10H,11H2,1-4H3,(H,21,25). The summed E-state index contributed by atoms with van der Waals surface area (Å²) in [7, 11) is 1.87. The van der Waals surface area contributed by atoms with E-state index in [2.05, 4.69) is 39.6 Å². The molecule has 0 unspecified atom stereocenters. The van der Waals surface area contributed by atoms with Crippen LogP contribution < -0.4 is 5.32 Å². The Morgan fingerprint density at radius 2 is 1.88 bits per heavy atom. The Morgan fingerprint density at radius 1 is 1.15 bits per heavy atom. The van der Waals surface area contributed by atoms with Gasteiger partial charge < -0.3 is 9.88 Å². The van der Waals surface area contributed by atoms with Crippen LogP contribution in [0.3, 0.4) is 0 Å². The van der Waals surface area contributed by atoms with Gasteiger partial charge in [0, 0.05) is 18.9 Å². The van der Waals surface area contributed by atoms with Crippen molar-refractivity contribution in [2.75, 3.05) is 11.1 Å². The van der Waals surface area contributed by atoms with Gasteiger partial charge in [-0.25, -0.2) is 0 Å². The molecule has 0 fully saturated rings. The van der Waals surface area contributed by atoms with Gasteiger partial charge in [-0.2, -0.15) is 0 Å². The van der Waals surface area contributed by atoms with Crippen LogP contribution in [0.1, 0.15) is 16.7 Å². The largest absolute Gasteiger partial charge is 0.325 e. The van der Waals surface area contributed by atoms with Crippen molar-refractivity contribution in [1.29, 1.82) is 0 Å². The molecule has 1 aromatic carbocycles. The summed E-state index contributed by atoms with van der Waals surface area (Å²) in [6.07, 6.45) is 1.72. The summed E-state index contributed by atoms with van der Waals surface area (Å²) in [5.74, 6) is 0.882. The van der Waals surface area contributed by atoms with Crippen LogP contribution in [0.15, 0.2) is 41.7 Å². The van der Waals surface area contributed by atoms with Crippen LogP contribution >= 0.6 is 11.8 Å². The van der Waals surface area contributed by atoms with Crippen LogP contribution in [0.2, 0.25) is 0 Å². The summed E-state index contributed by atoms with van der Waals surface area (Å²) in [6, 6.07) is 9.78. The van der Waals surface area contributed by atoms with E-state index in [0.717, 1.165) is 22.5 Å². The fraction of sp³-hybridized carbons (Fsp3) is 0.263. The number of hydrogen-bond acceptors (Lipinski definition) is 5. The normalized spacial score (nSPS) is 10.8. The summed E-state index contributed by atoms with van der Waals surface area (Å²) in [5.41, 5.74) is 4.96. The lowest BCUT2D eigenvalue weighted by atomic mass is 10.1. The molecule has 0 radical (unpaired) electrons. The maximum Gasteiger partial charge on any atom is 0.234 e. The molecule has 134 valence electrons. The molecule has 0 spiro atoms. The third-order valence-corrected chi connectivity index (χ3v) is 5.02. The lowest BCUT2D eigenvalue weighted by Crippen LogP contribution is -2.16. The highest BCUT2D eigenvalue weighted by atomic mass is 32.2. The summed E-state index contributed by atoms with van der Waals surface area (Å²) < 4.78 is 1.85. The predicted octanol–water partition coefficient (Wildman–Crippen LogP) is 3.53. The van der Waals surface area contributed by atoms with E-state index in [1.807, 2.05) is 43.7 Å². The number of carbonyl (C=O) groups is 1. The van der Waals surface area contributed by atoms with Gasteiger partial charge in [0.05, 0.1) is 5.75 Å². The van der Waals surface area contributed by atoms with E-state index in [0.29, 0.717) is 11.0 Å². The highest BCUT2D eigenvalue weighted by molar-refractivity contribution is 7.99. The number of benzene rings is 1. The first-order valence-electron chi connectivity index (χ1n) is 8.27. The lowest BCUT2D eigenvalue weighted by Gasteiger charge is -2.12. The zero-order valence-corrected chi connectivity index (χ0v) is 16.1. The van der Waals surface area contributed by atoms with Gasteiger partial charge >= 0.3 is 0 Å². The Hall–Kier alpha value is -2.67. The molecule has 3 aromatic rings. The number of pyridine rings is 1. The Labute approximate surface area is 157 Å². The molecule has 0 atom stereocenters. The smallest absolute Gasteiger partial charge is 0.234 e. The molecule has 0 aliphatic carbocycles. The fourth-order valence-electron chi connectivity index (χ4n) is 2.84. The molecule has 6 nitrogen and oxygen atoms in total. The topological polar surface area (TPSA) is 72.7 Å². The van der Waals surface area contributed by atoms with Gasteiger partial charge in [0.1, 0.15) is 5.69 Å². The van der Waals surface area contributed by atoms with Gasteiger partial charge in [-0.3, -0.25) is 9.78 Å². The number of rotatable bonds is 5. The Morgan fingerprint density at radius 3 is 2.54 bits per heavy atom. The number of aromatic nitrogens is 4. The van der Waals surface area contributed by atoms with Crippen molar-refractivity contribution in [1.82, 2.24) is 19.7 Å². The van der Waals surface area contributed by atoms with Crippen molar-refractivity contribution in [2.45, 2.75) is 25.9 Å². The molecule has 0 saturated heterocycles. The first-order chi connectivity index (χ1) is 12.5. The maximum absolute atomic E-state index is 12.4. The third-order valence-electron chi connectivity index (χ3n) is 4.00. The van der Waals surface area contributed by atoms with Gasteiger partial charge in [0.2, 0.25) is 5.91 Å². The van der Waals surface area contributed by atoms with E-state index < -0.39 is 0 Å². The number of amides is 1. The van der Waals surface area contributed by atoms with Gasteiger partial charge in [-0.15, -0.1) is 10.2 Å². The minimum absolute atomic E-state index is 0.0626. The van der Waals surface area contributed by atoms with Gasteiger partial charge in [-0.1, -0.05) is 35.5 Å². The molecular formula is C19H21N5OS. The second kappa shape index (κ2) is 7.70. The number of thioether (sulfide) groups is 1. The molecular weight excluding hydrogens is 346 g/mol.